The number of hydrogen-bond donors (Lipinski definition) is 1. The van der Waals surface area contributed by atoms with Crippen molar-refractivity contribution < 1.29 is 0 Å². The molecule has 22 heavy (non-hydrogen) atoms. The van der Waals surface area contributed by atoms with Gasteiger partial charge < -0.3 is 4.98 Å². The number of imidazole rings is 1. The Labute approximate surface area is 132 Å². The van der Waals surface area contributed by atoms with Gasteiger partial charge in [-0.25, -0.2) is 4.98 Å². The van der Waals surface area contributed by atoms with E-state index in [2.05, 4.69) is 46.8 Å². The van der Waals surface area contributed by atoms with Gasteiger partial charge in [-0.2, -0.15) is 0 Å². The van der Waals surface area contributed by atoms with Gasteiger partial charge in [0.25, 0.3) is 0 Å². The van der Waals surface area contributed by atoms with Gasteiger partial charge >= 0.3 is 0 Å². The summed E-state index contributed by atoms with van der Waals surface area (Å²) in [6.07, 6.45) is 4.16. The standard InChI is InChI=1S/C18H26N4/c1-13-6-7-16-17(9-13)20-18(19-16)12-21-10-15(11-21)22-8-4-3-5-14(22)2/h6-7,9,14-15H,3-5,8,10-12H2,1-2H3,(H,19,20). The van der Waals surface area contributed by atoms with Crippen molar-refractivity contribution in [3.8, 4) is 0 Å². The third-order valence-corrected chi connectivity index (χ3v) is 5.32. The number of benzene rings is 1. The summed E-state index contributed by atoms with van der Waals surface area (Å²) < 4.78 is 0. The van der Waals surface area contributed by atoms with Gasteiger partial charge in [-0.3, -0.25) is 9.80 Å². The highest BCUT2D eigenvalue weighted by Gasteiger charge is 2.35. The number of nitrogens with zero attached hydrogens (tertiary/aromatic N) is 3. The number of H-pyrrole nitrogens is 1. The fraction of sp³-hybridized carbons (Fsp3) is 0.611. The number of fused-ring (bicyclic) bond motifs is 1. The van der Waals surface area contributed by atoms with E-state index in [4.69, 9.17) is 4.98 Å². The third kappa shape index (κ3) is 2.66. The van der Waals surface area contributed by atoms with E-state index in [9.17, 15) is 0 Å². The highest BCUT2D eigenvalue weighted by atomic mass is 15.3. The minimum absolute atomic E-state index is 0.766. The number of nitrogens with one attached hydrogen (secondary N) is 1. The fourth-order valence-electron chi connectivity index (χ4n) is 4.01. The van der Waals surface area contributed by atoms with Gasteiger partial charge in [-0.1, -0.05) is 12.5 Å². The van der Waals surface area contributed by atoms with Crippen LogP contribution in [0.4, 0.5) is 0 Å². The minimum Gasteiger partial charge on any atom is -0.341 e. The molecule has 0 saturated carbocycles. The Balaban J connectivity index is 1.36. The van der Waals surface area contributed by atoms with Crippen LogP contribution in [0.25, 0.3) is 11.0 Å². The molecule has 1 atom stereocenters. The average molecular weight is 298 g/mol. The number of piperidine rings is 1. The molecule has 0 spiro atoms. The first-order valence-corrected chi connectivity index (χ1v) is 8.62. The van der Waals surface area contributed by atoms with Crippen molar-refractivity contribution in [2.75, 3.05) is 19.6 Å². The van der Waals surface area contributed by atoms with Crippen molar-refractivity contribution in [3.63, 3.8) is 0 Å². The van der Waals surface area contributed by atoms with E-state index in [0.717, 1.165) is 35.5 Å². The monoisotopic (exact) mass is 298 g/mol. The first-order chi connectivity index (χ1) is 10.7. The van der Waals surface area contributed by atoms with Crippen molar-refractivity contribution in [2.24, 2.45) is 0 Å². The topological polar surface area (TPSA) is 35.2 Å². The zero-order valence-corrected chi connectivity index (χ0v) is 13.7. The lowest BCUT2D eigenvalue weighted by molar-refractivity contribution is -0.00718. The van der Waals surface area contributed by atoms with Gasteiger partial charge in [0.15, 0.2) is 0 Å². The molecule has 1 aromatic carbocycles. The van der Waals surface area contributed by atoms with Crippen molar-refractivity contribution in [1.82, 2.24) is 19.8 Å². The van der Waals surface area contributed by atoms with Crippen LogP contribution in [-0.4, -0.2) is 51.5 Å². The molecule has 0 aliphatic carbocycles. The van der Waals surface area contributed by atoms with Crippen LogP contribution < -0.4 is 0 Å². The molecule has 4 rings (SSSR count). The highest BCUT2D eigenvalue weighted by Crippen LogP contribution is 2.25. The highest BCUT2D eigenvalue weighted by molar-refractivity contribution is 5.75. The maximum Gasteiger partial charge on any atom is 0.121 e. The Morgan fingerprint density at radius 2 is 2.14 bits per heavy atom. The van der Waals surface area contributed by atoms with Crippen LogP contribution in [0.3, 0.4) is 0 Å². The largest absolute Gasteiger partial charge is 0.341 e. The minimum atomic E-state index is 0.766. The van der Waals surface area contributed by atoms with Gasteiger partial charge in [-0.15, -0.1) is 0 Å². The first-order valence-electron chi connectivity index (χ1n) is 8.62. The smallest absolute Gasteiger partial charge is 0.121 e. The average Bonchev–Trinajstić information content (AvgIpc) is 2.85. The number of aromatic amines is 1. The molecule has 2 aromatic rings. The van der Waals surface area contributed by atoms with Crippen LogP contribution in [0.2, 0.25) is 0 Å². The van der Waals surface area contributed by atoms with E-state index in [1.807, 2.05) is 0 Å². The molecule has 2 aliphatic rings. The van der Waals surface area contributed by atoms with Crippen molar-refractivity contribution in [1.29, 1.82) is 0 Å². The summed E-state index contributed by atoms with van der Waals surface area (Å²) in [6, 6.07) is 7.96. The molecular formula is C18H26N4. The molecule has 3 heterocycles. The SMILES string of the molecule is Cc1ccc2nc(CN3CC(N4CCCCC4C)C3)[nH]c2c1. The van der Waals surface area contributed by atoms with Crippen LogP contribution in [0, 0.1) is 6.92 Å². The number of aromatic nitrogens is 2. The van der Waals surface area contributed by atoms with Crippen LogP contribution in [0.1, 0.15) is 37.6 Å². The lowest BCUT2D eigenvalue weighted by Gasteiger charge is -2.49. The molecule has 1 aromatic heterocycles. The molecule has 2 fully saturated rings. The summed E-state index contributed by atoms with van der Waals surface area (Å²) in [6.45, 7) is 9.15. The normalized spacial score (nSPS) is 24.7. The van der Waals surface area contributed by atoms with Crippen molar-refractivity contribution in [3.05, 3.63) is 29.6 Å². The zero-order valence-electron chi connectivity index (χ0n) is 13.7. The molecule has 2 saturated heterocycles. The van der Waals surface area contributed by atoms with E-state index in [1.165, 1.54) is 44.5 Å². The second kappa shape index (κ2) is 5.67. The summed E-state index contributed by atoms with van der Waals surface area (Å²) in [5.74, 6) is 1.10. The number of rotatable bonds is 3. The van der Waals surface area contributed by atoms with Crippen LogP contribution >= 0.6 is 0 Å². The lowest BCUT2D eigenvalue weighted by Crippen LogP contribution is -2.61. The van der Waals surface area contributed by atoms with Gasteiger partial charge in [0.05, 0.1) is 17.6 Å². The Morgan fingerprint density at radius 3 is 2.95 bits per heavy atom. The van der Waals surface area contributed by atoms with Gasteiger partial charge in [-0.05, 0) is 50.9 Å². The molecule has 4 nitrogen and oxygen atoms in total. The van der Waals surface area contributed by atoms with Crippen LogP contribution in [0.15, 0.2) is 18.2 Å². The summed E-state index contributed by atoms with van der Waals surface area (Å²) in [5.41, 5.74) is 3.53. The Hall–Kier alpha value is -1.39. The molecule has 118 valence electrons. The van der Waals surface area contributed by atoms with Gasteiger partial charge in [0.1, 0.15) is 5.82 Å². The van der Waals surface area contributed by atoms with Crippen molar-refractivity contribution in [2.45, 2.75) is 51.7 Å². The van der Waals surface area contributed by atoms with Crippen molar-refractivity contribution >= 4 is 11.0 Å². The summed E-state index contributed by atoms with van der Waals surface area (Å²) in [4.78, 5) is 13.4. The maximum absolute atomic E-state index is 4.72. The molecule has 0 bridgehead atoms. The second-order valence-corrected chi connectivity index (χ2v) is 7.13. The van der Waals surface area contributed by atoms with Crippen LogP contribution in [-0.2, 0) is 6.54 Å². The lowest BCUT2D eigenvalue weighted by atomic mass is 9.97. The van der Waals surface area contributed by atoms with E-state index in [-0.39, 0.29) is 0 Å². The summed E-state index contributed by atoms with van der Waals surface area (Å²) in [5, 5.41) is 0. The molecular weight excluding hydrogens is 272 g/mol. The summed E-state index contributed by atoms with van der Waals surface area (Å²) >= 11 is 0. The van der Waals surface area contributed by atoms with Crippen LogP contribution in [0.5, 0.6) is 0 Å². The Morgan fingerprint density at radius 1 is 1.27 bits per heavy atom. The molecule has 0 amide bonds. The summed E-state index contributed by atoms with van der Waals surface area (Å²) in [7, 11) is 0. The first kappa shape index (κ1) is 14.2. The Kier molecular flexibility index (Phi) is 3.66. The maximum atomic E-state index is 4.72. The number of aryl methyl sites for hydroxylation is 1. The number of hydrogen-bond acceptors (Lipinski definition) is 3. The molecule has 4 heteroatoms. The van der Waals surface area contributed by atoms with Gasteiger partial charge in [0, 0.05) is 25.2 Å². The number of likely N-dealkylation sites (tertiary alicyclic amines) is 2. The molecule has 1 unspecified atom stereocenters. The predicted octanol–water partition coefficient (Wildman–Crippen LogP) is 2.93. The predicted molar refractivity (Wildman–Crippen MR) is 89.9 cm³/mol. The van der Waals surface area contributed by atoms with E-state index in [0.29, 0.717) is 0 Å². The zero-order chi connectivity index (χ0) is 15.1. The fourth-order valence-corrected chi connectivity index (χ4v) is 4.01. The molecule has 1 N–H and O–H groups in total. The second-order valence-electron chi connectivity index (χ2n) is 7.13. The Bertz CT molecular complexity index is 656. The van der Waals surface area contributed by atoms with E-state index >= 15 is 0 Å². The van der Waals surface area contributed by atoms with Gasteiger partial charge in [0.2, 0.25) is 0 Å². The molecule has 2 aliphatic heterocycles. The molecule has 0 radical (unpaired) electrons. The van der Waals surface area contributed by atoms with E-state index in [1.54, 1.807) is 0 Å². The third-order valence-electron chi connectivity index (χ3n) is 5.32. The quantitative estimate of drug-likeness (QED) is 0.946. The van der Waals surface area contributed by atoms with E-state index < -0.39 is 0 Å².